The van der Waals surface area contributed by atoms with Gasteiger partial charge in [-0.15, -0.1) is 0 Å². The maximum absolute atomic E-state index is 12.8. The van der Waals surface area contributed by atoms with Crippen LogP contribution in [0.2, 0.25) is 0 Å². The zero-order valence-electron chi connectivity index (χ0n) is 8.57. The quantitative estimate of drug-likeness (QED) is 0.780. The summed E-state index contributed by atoms with van der Waals surface area (Å²) in [6.07, 6.45) is 0. The van der Waals surface area contributed by atoms with E-state index in [2.05, 4.69) is 4.74 Å². The van der Waals surface area contributed by atoms with Gasteiger partial charge in [-0.05, 0) is 12.1 Å². The normalized spacial score (nSPS) is 12.0. The van der Waals surface area contributed by atoms with Gasteiger partial charge in [-0.25, -0.2) is 8.78 Å². The topological polar surface area (TPSA) is 61.5 Å². The number of rotatable bonds is 4. The number of hydrogen-bond donors (Lipinski definition) is 1. The van der Waals surface area contributed by atoms with Gasteiger partial charge in [0.15, 0.2) is 11.6 Å². The van der Waals surface area contributed by atoms with Crippen LogP contribution in [0.3, 0.4) is 0 Å². The molecule has 0 aliphatic rings. The summed E-state index contributed by atoms with van der Waals surface area (Å²) < 4.78 is 34.7. The second-order valence-corrected chi connectivity index (χ2v) is 3.02. The van der Waals surface area contributed by atoms with Crippen LogP contribution in [0.1, 0.15) is 0 Å². The summed E-state index contributed by atoms with van der Waals surface area (Å²) in [6, 6.07) is 2.08. The Kier molecular flexibility index (Phi) is 4.19. The zero-order chi connectivity index (χ0) is 12.1. The number of carbonyl (C=O) groups excluding carboxylic acids is 1. The fourth-order valence-corrected chi connectivity index (χ4v) is 0.972. The Morgan fingerprint density at radius 3 is 2.69 bits per heavy atom. The molecule has 0 radical (unpaired) electrons. The summed E-state index contributed by atoms with van der Waals surface area (Å²) in [7, 11) is 1.19. The van der Waals surface area contributed by atoms with E-state index in [0.29, 0.717) is 0 Å². The van der Waals surface area contributed by atoms with E-state index in [1.807, 2.05) is 0 Å². The second-order valence-electron chi connectivity index (χ2n) is 3.02. The molecule has 16 heavy (non-hydrogen) atoms. The summed E-state index contributed by atoms with van der Waals surface area (Å²) in [5.41, 5.74) is 5.38. The second kappa shape index (κ2) is 5.41. The van der Waals surface area contributed by atoms with Crippen molar-refractivity contribution in [3.8, 4) is 5.75 Å². The first-order chi connectivity index (χ1) is 7.54. The van der Waals surface area contributed by atoms with Gasteiger partial charge in [0.2, 0.25) is 0 Å². The monoisotopic (exact) mass is 231 g/mol. The summed E-state index contributed by atoms with van der Waals surface area (Å²) in [6.45, 7) is -0.169. The largest absolute Gasteiger partial charge is 0.491 e. The van der Waals surface area contributed by atoms with Gasteiger partial charge in [0.1, 0.15) is 18.4 Å². The van der Waals surface area contributed by atoms with Gasteiger partial charge in [0.05, 0.1) is 7.11 Å². The molecule has 1 aromatic rings. The van der Waals surface area contributed by atoms with Gasteiger partial charge in [0, 0.05) is 6.07 Å². The molecule has 0 saturated heterocycles. The van der Waals surface area contributed by atoms with E-state index in [4.69, 9.17) is 10.5 Å². The highest BCUT2D eigenvalue weighted by Crippen LogP contribution is 2.15. The fraction of sp³-hybridized carbons (Fsp3) is 0.300. The molecule has 0 aromatic heterocycles. The third-order valence-electron chi connectivity index (χ3n) is 1.82. The van der Waals surface area contributed by atoms with E-state index in [1.54, 1.807) is 0 Å². The predicted molar refractivity (Wildman–Crippen MR) is 51.8 cm³/mol. The number of esters is 1. The molecular formula is C10H11F2NO3. The van der Waals surface area contributed by atoms with Crippen LogP contribution < -0.4 is 10.5 Å². The van der Waals surface area contributed by atoms with Gasteiger partial charge in [-0.1, -0.05) is 0 Å². The maximum atomic E-state index is 12.8. The molecule has 1 aromatic carbocycles. The molecule has 0 bridgehead atoms. The highest BCUT2D eigenvalue weighted by atomic mass is 19.2. The maximum Gasteiger partial charge on any atom is 0.326 e. The molecule has 1 atom stereocenters. The summed E-state index contributed by atoms with van der Waals surface area (Å²) in [4.78, 5) is 10.9. The molecule has 0 saturated carbocycles. The Hall–Kier alpha value is -1.69. The first-order valence-corrected chi connectivity index (χ1v) is 4.46. The lowest BCUT2D eigenvalue weighted by Gasteiger charge is -2.11. The van der Waals surface area contributed by atoms with Crippen LogP contribution in [-0.4, -0.2) is 25.7 Å². The zero-order valence-corrected chi connectivity index (χ0v) is 8.57. The highest BCUT2D eigenvalue weighted by molar-refractivity contribution is 5.75. The Morgan fingerprint density at radius 1 is 1.44 bits per heavy atom. The smallest absolute Gasteiger partial charge is 0.326 e. The Balaban J connectivity index is 2.55. The molecule has 6 heteroatoms. The molecular weight excluding hydrogens is 220 g/mol. The molecule has 1 rings (SSSR count). The molecule has 1 unspecified atom stereocenters. The van der Waals surface area contributed by atoms with Crippen molar-refractivity contribution >= 4 is 5.97 Å². The van der Waals surface area contributed by atoms with Crippen molar-refractivity contribution in [2.45, 2.75) is 6.04 Å². The predicted octanol–water partition coefficient (Wildman–Crippen LogP) is 0.844. The van der Waals surface area contributed by atoms with Crippen molar-refractivity contribution in [2.75, 3.05) is 13.7 Å². The molecule has 0 aliphatic heterocycles. The molecule has 0 heterocycles. The third-order valence-corrected chi connectivity index (χ3v) is 1.82. The lowest BCUT2D eigenvalue weighted by Crippen LogP contribution is -2.37. The minimum Gasteiger partial charge on any atom is -0.491 e. The van der Waals surface area contributed by atoms with E-state index in [-0.39, 0.29) is 12.4 Å². The first-order valence-electron chi connectivity index (χ1n) is 4.46. The number of carbonyl (C=O) groups is 1. The average Bonchev–Trinajstić information content (AvgIpc) is 2.29. The van der Waals surface area contributed by atoms with Gasteiger partial charge in [0.25, 0.3) is 0 Å². The minimum atomic E-state index is -1.02. The number of ether oxygens (including phenoxy) is 2. The number of halogens is 2. The van der Waals surface area contributed by atoms with E-state index in [9.17, 15) is 13.6 Å². The van der Waals surface area contributed by atoms with Crippen LogP contribution in [0.5, 0.6) is 5.75 Å². The first kappa shape index (κ1) is 12.4. The molecule has 0 fully saturated rings. The van der Waals surface area contributed by atoms with Gasteiger partial charge < -0.3 is 15.2 Å². The number of benzene rings is 1. The highest BCUT2D eigenvalue weighted by Gasteiger charge is 2.14. The standard InChI is InChI=1S/C10H11F2NO3/c1-15-10(14)9(13)5-16-6-2-3-7(11)8(12)4-6/h2-4,9H,5,13H2,1H3. The molecule has 0 spiro atoms. The van der Waals surface area contributed by atoms with E-state index >= 15 is 0 Å². The fourth-order valence-electron chi connectivity index (χ4n) is 0.972. The van der Waals surface area contributed by atoms with Crippen LogP contribution in [0.4, 0.5) is 8.78 Å². The van der Waals surface area contributed by atoms with Gasteiger partial charge >= 0.3 is 5.97 Å². The summed E-state index contributed by atoms with van der Waals surface area (Å²) >= 11 is 0. The lowest BCUT2D eigenvalue weighted by molar-refractivity contribution is -0.142. The third kappa shape index (κ3) is 3.16. The summed E-state index contributed by atoms with van der Waals surface area (Å²) in [5, 5.41) is 0. The SMILES string of the molecule is COC(=O)C(N)COc1ccc(F)c(F)c1. The van der Waals surface area contributed by atoms with Gasteiger partial charge in [-0.2, -0.15) is 0 Å². The van der Waals surface area contributed by atoms with Gasteiger partial charge in [-0.3, -0.25) is 4.79 Å². The van der Waals surface area contributed by atoms with E-state index < -0.39 is 23.6 Å². The molecule has 0 aliphatic carbocycles. The van der Waals surface area contributed by atoms with Crippen molar-refractivity contribution < 1.29 is 23.0 Å². The van der Waals surface area contributed by atoms with Crippen LogP contribution in [0, 0.1) is 11.6 Å². The van der Waals surface area contributed by atoms with Crippen molar-refractivity contribution in [3.63, 3.8) is 0 Å². The molecule has 0 amide bonds. The van der Waals surface area contributed by atoms with Crippen LogP contribution >= 0.6 is 0 Å². The molecule has 2 N–H and O–H groups in total. The minimum absolute atomic E-state index is 0.0956. The number of methoxy groups -OCH3 is 1. The van der Waals surface area contributed by atoms with Crippen molar-refractivity contribution in [3.05, 3.63) is 29.8 Å². The molecule has 4 nitrogen and oxygen atoms in total. The Labute approximate surface area is 91.0 Å². The average molecular weight is 231 g/mol. The van der Waals surface area contributed by atoms with Crippen LogP contribution in [0.15, 0.2) is 18.2 Å². The Morgan fingerprint density at radius 2 is 2.12 bits per heavy atom. The molecule has 88 valence electrons. The van der Waals surface area contributed by atoms with Crippen molar-refractivity contribution in [1.29, 1.82) is 0 Å². The Bertz CT molecular complexity index is 384. The number of hydrogen-bond acceptors (Lipinski definition) is 4. The number of nitrogens with two attached hydrogens (primary N) is 1. The lowest BCUT2D eigenvalue weighted by atomic mass is 10.3. The van der Waals surface area contributed by atoms with Crippen molar-refractivity contribution in [2.24, 2.45) is 5.73 Å². The van der Waals surface area contributed by atoms with E-state index in [1.165, 1.54) is 13.2 Å². The van der Waals surface area contributed by atoms with Crippen LogP contribution in [0.25, 0.3) is 0 Å². The summed E-state index contributed by atoms with van der Waals surface area (Å²) in [5.74, 6) is -2.53. The van der Waals surface area contributed by atoms with Crippen molar-refractivity contribution in [1.82, 2.24) is 0 Å². The van der Waals surface area contributed by atoms with E-state index in [0.717, 1.165) is 12.1 Å². The van der Waals surface area contributed by atoms with Crippen LogP contribution in [-0.2, 0) is 9.53 Å².